The molecule has 0 spiro atoms. The molecule has 1 aliphatic rings. The Kier molecular flexibility index (Phi) is 4.54. The zero-order chi connectivity index (χ0) is 16.1. The molecule has 2 heterocycles. The third-order valence-electron chi connectivity index (χ3n) is 2.96. The monoisotopic (exact) mass is 323 g/mol. The molecule has 0 atom stereocenters. The average Bonchev–Trinajstić information content (AvgIpc) is 2.59. The molecule has 0 radical (unpaired) electrons. The van der Waals surface area contributed by atoms with E-state index in [-0.39, 0.29) is 0 Å². The van der Waals surface area contributed by atoms with Crippen LogP contribution in [0, 0.1) is 11.3 Å². The van der Waals surface area contributed by atoms with Gasteiger partial charge in [0.2, 0.25) is 0 Å². The number of aromatic nitrogens is 1. The number of pyridine rings is 1. The molecule has 0 bridgehead atoms. The molecule has 0 unspecified atom stereocenters. The van der Waals surface area contributed by atoms with E-state index in [9.17, 15) is 0 Å². The summed E-state index contributed by atoms with van der Waals surface area (Å²) in [5, 5.41) is 12.9. The minimum Gasteiger partial charge on any atom is -0.452 e. The molecule has 114 valence electrons. The number of ether oxygens (including phenoxy) is 1. The van der Waals surface area contributed by atoms with Gasteiger partial charge in [0.05, 0.1) is 12.1 Å². The highest BCUT2D eigenvalue weighted by Gasteiger charge is 2.13. The Morgan fingerprint density at radius 1 is 1.22 bits per heavy atom. The number of nitrogens with one attached hydrogen (secondary N) is 1. The van der Waals surface area contributed by atoms with E-state index in [0.29, 0.717) is 34.6 Å². The van der Waals surface area contributed by atoms with Crippen LogP contribution in [-0.4, -0.2) is 22.4 Å². The highest BCUT2D eigenvalue weighted by atomic mass is 32.2. The molecule has 0 fully saturated rings. The van der Waals surface area contributed by atoms with Crippen LogP contribution >= 0.6 is 11.9 Å². The molecule has 7 heteroatoms. The van der Waals surface area contributed by atoms with Crippen LogP contribution in [0.2, 0.25) is 0 Å². The van der Waals surface area contributed by atoms with Gasteiger partial charge in [0.1, 0.15) is 11.8 Å². The van der Waals surface area contributed by atoms with Gasteiger partial charge < -0.3 is 10.1 Å². The Balaban J connectivity index is 1.83. The van der Waals surface area contributed by atoms with Gasteiger partial charge >= 0.3 is 0 Å². The summed E-state index contributed by atoms with van der Waals surface area (Å²) in [7, 11) is 0. The lowest BCUT2D eigenvalue weighted by Gasteiger charge is -2.14. The van der Waals surface area contributed by atoms with Crippen molar-refractivity contribution in [1.29, 1.82) is 5.26 Å². The number of rotatable bonds is 3. The lowest BCUT2D eigenvalue weighted by atomic mass is 10.2. The van der Waals surface area contributed by atoms with Crippen LogP contribution in [0.15, 0.2) is 52.0 Å². The number of para-hydroxylation sites is 1. The van der Waals surface area contributed by atoms with E-state index in [2.05, 4.69) is 25.8 Å². The Labute approximate surface area is 138 Å². The Morgan fingerprint density at radius 2 is 2.04 bits per heavy atom. The molecule has 0 saturated carbocycles. The van der Waals surface area contributed by atoms with Gasteiger partial charge in [-0.05, 0) is 31.2 Å². The van der Waals surface area contributed by atoms with E-state index in [1.54, 1.807) is 36.5 Å². The van der Waals surface area contributed by atoms with Crippen molar-refractivity contribution in [3.63, 3.8) is 0 Å². The van der Waals surface area contributed by atoms with Crippen LogP contribution < -0.4 is 10.1 Å². The Bertz CT molecular complexity index is 825. The van der Waals surface area contributed by atoms with Gasteiger partial charge in [-0.25, -0.2) is 9.38 Å². The molecule has 0 amide bonds. The molecule has 6 nitrogen and oxygen atoms in total. The summed E-state index contributed by atoms with van der Waals surface area (Å²) in [5.74, 6) is 1.53. The molecule has 2 aromatic rings. The first-order valence-electron chi connectivity index (χ1n) is 6.90. The molecule has 1 aromatic carbocycles. The molecule has 1 aromatic heterocycles. The summed E-state index contributed by atoms with van der Waals surface area (Å²) in [5.41, 5.74) is 1.44. The normalized spacial score (nSPS) is 13.6. The molecule has 3 rings (SSSR count). The maximum atomic E-state index is 9.15. The van der Waals surface area contributed by atoms with Crippen LogP contribution in [0.5, 0.6) is 11.5 Å². The van der Waals surface area contributed by atoms with Crippen molar-refractivity contribution < 1.29 is 4.74 Å². The van der Waals surface area contributed by atoms with Gasteiger partial charge in [-0.1, -0.05) is 12.1 Å². The zero-order valence-electron chi connectivity index (χ0n) is 12.4. The lowest BCUT2D eigenvalue weighted by molar-refractivity contribution is 0.481. The minimum absolute atomic E-state index is 0.465. The molecule has 23 heavy (non-hydrogen) atoms. The maximum absolute atomic E-state index is 9.15. The number of anilines is 1. The van der Waals surface area contributed by atoms with Crippen molar-refractivity contribution in [2.45, 2.75) is 6.92 Å². The summed E-state index contributed by atoms with van der Waals surface area (Å²) in [4.78, 5) is 8.66. The maximum Gasteiger partial charge on any atom is 0.185 e. The van der Waals surface area contributed by atoms with Crippen LogP contribution in [0.25, 0.3) is 0 Å². The molecule has 0 aliphatic carbocycles. The molecule has 0 saturated heterocycles. The summed E-state index contributed by atoms with van der Waals surface area (Å²) >= 11 is 1.27. The largest absolute Gasteiger partial charge is 0.452 e. The lowest BCUT2D eigenvalue weighted by Crippen LogP contribution is -2.15. The third kappa shape index (κ3) is 3.67. The average molecular weight is 323 g/mol. The number of nitrogens with zero attached hydrogens (tertiary/aromatic N) is 4. The standard InChI is InChI=1S/C16H13N5OS/c1-11-10-19-16(23-21-11)20-15-14(7-4-8-18-15)22-13-6-3-2-5-12(13)9-17/h2-8H,10H2,1H3,(H,18,19,20). The minimum atomic E-state index is 0.465. The van der Waals surface area contributed by atoms with E-state index < -0.39 is 0 Å². The second-order valence-corrected chi connectivity index (χ2v) is 5.48. The molecular weight excluding hydrogens is 310 g/mol. The first-order valence-corrected chi connectivity index (χ1v) is 7.67. The zero-order valence-corrected chi connectivity index (χ0v) is 13.2. The second-order valence-electron chi connectivity index (χ2n) is 4.72. The number of benzene rings is 1. The summed E-state index contributed by atoms with van der Waals surface area (Å²) in [6.45, 7) is 2.50. The van der Waals surface area contributed by atoms with Gasteiger partial charge in [-0.15, -0.1) is 0 Å². The number of amidine groups is 1. The highest BCUT2D eigenvalue weighted by Crippen LogP contribution is 2.30. The summed E-state index contributed by atoms with van der Waals surface area (Å²) < 4.78 is 10.1. The first-order chi connectivity index (χ1) is 11.3. The molecule has 1 N–H and O–H groups in total. The summed E-state index contributed by atoms with van der Waals surface area (Å²) in [6, 6.07) is 12.7. The van der Waals surface area contributed by atoms with Gasteiger partial charge in [0.15, 0.2) is 16.7 Å². The van der Waals surface area contributed by atoms with Gasteiger partial charge in [0, 0.05) is 23.9 Å². The fraction of sp³-hybridized carbons (Fsp3) is 0.125. The van der Waals surface area contributed by atoms with E-state index in [1.807, 2.05) is 13.0 Å². The smallest absolute Gasteiger partial charge is 0.185 e. The number of hydrogen-bond donors (Lipinski definition) is 1. The van der Waals surface area contributed by atoms with Crippen molar-refractivity contribution in [3.8, 4) is 17.6 Å². The van der Waals surface area contributed by atoms with Gasteiger partial charge in [-0.2, -0.15) is 5.26 Å². The number of hydrogen-bond acceptors (Lipinski definition) is 7. The van der Waals surface area contributed by atoms with E-state index in [0.717, 1.165) is 5.71 Å². The van der Waals surface area contributed by atoms with Crippen LogP contribution in [0.3, 0.4) is 0 Å². The summed E-state index contributed by atoms with van der Waals surface area (Å²) in [6.07, 6.45) is 1.66. The first kappa shape index (κ1) is 15.1. The van der Waals surface area contributed by atoms with Gasteiger partial charge in [0.25, 0.3) is 0 Å². The number of nitriles is 1. The molecular formula is C16H13N5OS. The fourth-order valence-corrected chi connectivity index (χ4v) is 2.43. The van der Waals surface area contributed by atoms with E-state index in [1.165, 1.54) is 11.9 Å². The van der Waals surface area contributed by atoms with E-state index >= 15 is 0 Å². The SMILES string of the molecule is CC1=NSC(Nc2ncccc2Oc2ccccc2C#N)=NC1. The van der Waals surface area contributed by atoms with Gasteiger partial charge in [-0.3, -0.25) is 4.99 Å². The van der Waals surface area contributed by atoms with Crippen LogP contribution in [0.1, 0.15) is 12.5 Å². The highest BCUT2D eigenvalue weighted by molar-refractivity contribution is 8.13. The van der Waals surface area contributed by atoms with Crippen LogP contribution in [0.4, 0.5) is 5.82 Å². The van der Waals surface area contributed by atoms with Crippen molar-refractivity contribution in [2.75, 3.05) is 11.9 Å². The molecule has 1 aliphatic heterocycles. The van der Waals surface area contributed by atoms with Crippen molar-refractivity contribution in [1.82, 2.24) is 4.98 Å². The number of aliphatic imine (C=N–C) groups is 1. The van der Waals surface area contributed by atoms with Crippen molar-refractivity contribution in [3.05, 3.63) is 48.2 Å². The third-order valence-corrected chi connectivity index (χ3v) is 3.77. The predicted molar refractivity (Wildman–Crippen MR) is 92.1 cm³/mol. The topological polar surface area (TPSA) is 82.7 Å². The Hall–Kier alpha value is -2.85. The van der Waals surface area contributed by atoms with Crippen molar-refractivity contribution >= 4 is 28.6 Å². The van der Waals surface area contributed by atoms with Crippen molar-refractivity contribution in [2.24, 2.45) is 9.39 Å². The Morgan fingerprint density at radius 3 is 2.83 bits per heavy atom. The van der Waals surface area contributed by atoms with Crippen LogP contribution in [-0.2, 0) is 0 Å². The quantitative estimate of drug-likeness (QED) is 0.872. The predicted octanol–water partition coefficient (Wildman–Crippen LogP) is 3.64. The fourth-order valence-electron chi connectivity index (χ4n) is 1.86. The van der Waals surface area contributed by atoms with E-state index in [4.69, 9.17) is 10.00 Å². The second kappa shape index (κ2) is 6.94.